The maximum Gasteiger partial charge on any atom is 0.000397 e. The molecule has 0 spiro atoms. The highest BCUT2D eigenvalue weighted by Crippen LogP contribution is 2.08. The summed E-state index contributed by atoms with van der Waals surface area (Å²) in [4.78, 5) is 2.44. The van der Waals surface area contributed by atoms with E-state index in [2.05, 4.69) is 32.7 Å². The van der Waals surface area contributed by atoms with Crippen molar-refractivity contribution in [2.24, 2.45) is 5.92 Å². The maximum absolute atomic E-state index is 2.44. The van der Waals surface area contributed by atoms with Gasteiger partial charge in [0.1, 0.15) is 0 Å². The van der Waals surface area contributed by atoms with Crippen molar-refractivity contribution < 1.29 is 0 Å². The molecule has 0 aliphatic heterocycles. The molecule has 0 aliphatic carbocycles. The van der Waals surface area contributed by atoms with E-state index in [4.69, 9.17) is 0 Å². The zero-order valence-corrected chi connectivity index (χ0v) is 9.27. The number of unbranched alkanes of at least 4 members (excludes halogenated alkanes) is 1. The molecule has 0 aromatic heterocycles. The van der Waals surface area contributed by atoms with Crippen molar-refractivity contribution in [2.75, 3.05) is 20.1 Å². The molecule has 1 atom stereocenters. The van der Waals surface area contributed by atoms with Gasteiger partial charge < -0.3 is 4.90 Å². The van der Waals surface area contributed by atoms with Gasteiger partial charge in [0, 0.05) is 6.54 Å². The zero-order chi connectivity index (χ0) is 9.40. The van der Waals surface area contributed by atoms with Crippen molar-refractivity contribution in [3.63, 3.8) is 0 Å². The summed E-state index contributed by atoms with van der Waals surface area (Å²) < 4.78 is 0. The predicted molar refractivity (Wildman–Crippen MR) is 56.5 cm³/mol. The summed E-state index contributed by atoms with van der Waals surface area (Å²) in [6.07, 6.45) is 5.39. The number of hydrogen-bond donors (Lipinski definition) is 0. The molecule has 0 aromatic carbocycles. The van der Waals surface area contributed by atoms with E-state index in [0.717, 1.165) is 5.92 Å². The summed E-state index contributed by atoms with van der Waals surface area (Å²) >= 11 is 0. The molecule has 12 heavy (non-hydrogen) atoms. The van der Waals surface area contributed by atoms with Crippen LogP contribution in [-0.2, 0) is 0 Å². The molecule has 0 radical (unpaired) electrons. The van der Waals surface area contributed by atoms with Gasteiger partial charge in [0.15, 0.2) is 0 Å². The predicted octanol–water partition coefficient (Wildman–Crippen LogP) is 3.15. The first-order valence-corrected chi connectivity index (χ1v) is 5.39. The molecule has 0 heterocycles. The minimum Gasteiger partial charge on any atom is -0.306 e. The highest BCUT2D eigenvalue weighted by atomic mass is 15.1. The van der Waals surface area contributed by atoms with Crippen LogP contribution >= 0.6 is 0 Å². The quantitative estimate of drug-likeness (QED) is 0.569. The van der Waals surface area contributed by atoms with Gasteiger partial charge in [-0.3, -0.25) is 0 Å². The monoisotopic (exact) mass is 171 g/mol. The van der Waals surface area contributed by atoms with Crippen molar-refractivity contribution in [2.45, 2.75) is 46.5 Å². The number of rotatable bonds is 7. The number of hydrogen-bond acceptors (Lipinski definition) is 1. The van der Waals surface area contributed by atoms with E-state index >= 15 is 0 Å². The molecule has 0 N–H and O–H groups in total. The van der Waals surface area contributed by atoms with Crippen LogP contribution in [0.15, 0.2) is 0 Å². The maximum atomic E-state index is 2.44. The topological polar surface area (TPSA) is 3.24 Å². The van der Waals surface area contributed by atoms with E-state index in [-0.39, 0.29) is 0 Å². The summed E-state index contributed by atoms with van der Waals surface area (Å²) in [5.74, 6) is 0.876. The van der Waals surface area contributed by atoms with Crippen LogP contribution in [0, 0.1) is 5.92 Å². The third kappa shape index (κ3) is 6.66. The van der Waals surface area contributed by atoms with Gasteiger partial charge in [-0.05, 0) is 32.4 Å². The van der Waals surface area contributed by atoms with Gasteiger partial charge in [-0.2, -0.15) is 0 Å². The van der Waals surface area contributed by atoms with Crippen LogP contribution in [0.3, 0.4) is 0 Å². The van der Waals surface area contributed by atoms with Gasteiger partial charge in [0.2, 0.25) is 0 Å². The average Bonchev–Trinajstić information content (AvgIpc) is 2.01. The Morgan fingerprint density at radius 1 is 1.17 bits per heavy atom. The van der Waals surface area contributed by atoms with Crippen molar-refractivity contribution in [3.05, 3.63) is 0 Å². The van der Waals surface area contributed by atoms with Gasteiger partial charge in [-0.1, -0.05) is 33.6 Å². The first-order valence-electron chi connectivity index (χ1n) is 5.39. The van der Waals surface area contributed by atoms with Gasteiger partial charge in [-0.25, -0.2) is 0 Å². The van der Waals surface area contributed by atoms with Crippen LogP contribution in [0.5, 0.6) is 0 Å². The Labute approximate surface area is 78.1 Å². The van der Waals surface area contributed by atoms with Gasteiger partial charge in [0.25, 0.3) is 0 Å². The fraction of sp³-hybridized carbons (Fsp3) is 1.00. The van der Waals surface area contributed by atoms with Crippen LogP contribution in [0.1, 0.15) is 46.5 Å². The molecule has 0 fully saturated rings. The lowest BCUT2D eigenvalue weighted by molar-refractivity contribution is 0.276. The molecule has 74 valence electrons. The first kappa shape index (κ1) is 12.0. The lowest BCUT2D eigenvalue weighted by atomic mass is 10.0. The zero-order valence-electron chi connectivity index (χ0n) is 9.27. The van der Waals surface area contributed by atoms with Crippen LogP contribution in [-0.4, -0.2) is 25.0 Å². The molecular weight excluding hydrogens is 146 g/mol. The minimum absolute atomic E-state index is 0.876. The Bertz CT molecular complexity index is 91.0. The van der Waals surface area contributed by atoms with Crippen molar-refractivity contribution in [3.8, 4) is 0 Å². The van der Waals surface area contributed by atoms with Crippen molar-refractivity contribution in [1.29, 1.82) is 0 Å². The lowest BCUT2D eigenvalue weighted by Crippen LogP contribution is -2.25. The van der Waals surface area contributed by atoms with Gasteiger partial charge in [0.05, 0.1) is 0 Å². The molecule has 1 heteroatoms. The second-order valence-electron chi connectivity index (χ2n) is 4.01. The van der Waals surface area contributed by atoms with Crippen LogP contribution in [0.2, 0.25) is 0 Å². The standard InChI is InChI=1S/C11H25N/c1-5-7-8-11(3)10-12(4)9-6-2/h11H,5-10H2,1-4H3. The van der Waals surface area contributed by atoms with E-state index in [9.17, 15) is 0 Å². The molecule has 0 rings (SSSR count). The molecule has 0 saturated carbocycles. The van der Waals surface area contributed by atoms with Gasteiger partial charge in [-0.15, -0.1) is 0 Å². The molecule has 1 unspecified atom stereocenters. The van der Waals surface area contributed by atoms with Crippen LogP contribution in [0.25, 0.3) is 0 Å². The van der Waals surface area contributed by atoms with Gasteiger partial charge >= 0.3 is 0 Å². The van der Waals surface area contributed by atoms with E-state index in [0.29, 0.717) is 0 Å². The number of nitrogens with zero attached hydrogens (tertiary/aromatic N) is 1. The van der Waals surface area contributed by atoms with E-state index in [1.54, 1.807) is 0 Å². The van der Waals surface area contributed by atoms with E-state index in [1.807, 2.05) is 0 Å². The fourth-order valence-corrected chi connectivity index (χ4v) is 1.65. The lowest BCUT2D eigenvalue weighted by Gasteiger charge is -2.20. The minimum atomic E-state index is 0.876. The second-order valence-corrected chi connectivity index (χ2v) is 4.01. The Morgan fingerprint density at radius 2 is 1.83 bits per heavy atom. The van der Waals surface area contributed by atoms with E-state index < -0.39 is 0 Å². The Balaban J connectivity index is 3.33. The Kier molecular flexibility index (Phi) is 7.58. The molecular formula is C11H25N. The SMILES string of the molecule is CCCCC(C)CN(C)CCC. The summed E-state index contributed by atoms with van der Waals surface area (Å²) in [5.41, 5.74) is 0. The molecule has 1 nitrogen and oxygen atoms in total. The summed E-state index contributed by atoms with van der Waals surface area (Å²) in [6.45, 7) is 9.39. The highest BCUT2D eigenvalue weighted by molar-refractivity contribution is 4.58. The molecule has 0 aromatic rings. The fourth-order valence-electron chi connectivity index (χ4n) is 1.65. The molecule has 0 aliphatic rings. The van der Waals surface area contributed by atoms with Crippen molar-refractivity contribution in [1.82, 2.24) is 4.90 Å². The molecule has 0 saturated heterocycles. The van der Waals surface area contributed by atoms with Crippen LogP contribution in [0.4, 0.5) is 0 Å². The smallest absolute Gasteiger partial charge is 0.000397 e. The second kappa shape index (κ2) is 7.60. The summed E-state index contributed by atoms with van der Waals surface area (Å²) in [5, 5.41) is 0. The first-order chi connectivity index (χ1) is 5.70. The normalized spacial score (nSPS) is 13.8. The molecule has 0 amide bonds. The Hall–Kier alpha value is -0.0400. The van der Waals surface area contributed by atoms with E-state index in [1.165, 1.54) is 38.8 Å². The summed E-state index contributed by atoms with van der Waals surface area (Å²) in [7, 11) is 2.23. The molecule has 0 bridgehead atoms. The van der Waals surface area contributed by atoms with Crippen LogP contribution < -0.4 is 0 Å². The third-order valence-corrected chi connectivity index (χ3v) is 2.28. The summed E-state index contributed by atoms with van der Waals surface area (Å²) in [6, 6.07) is 0. The average molecular weight is 171 g/mol. The Morgan fingerprint density at radius 3 is 2.33 bits per heavy atom. The third-order valence-electron chi connectivity index (χ3n) is 2.28. The highest BCUT2D eigenvalue weighted by Gasteiger charge is 2.04. The van der Waals surface area contributed by atoms with Crippen molar-refractivity contribution >= 4 is 0 Å². The largest absolute Gasteiger partial charge is 0.306 e.